The fourth-order valence-electron chi connectivity index (χ4n) is 2.51. The lowest BCUT2D eigenvalue weighted by Gasteiger charge is -2.11. The zero-order valence-electron chi connectivity index (χ0n) is 11.6. The van der Waals surface area contributed by atoms with Crippen LogP contribution in [0, 0.1) is 0 Å². The molecule has 0 aromatic heterocycles. The average Bonchev–Trinajstić information content (AvgIpc) is 2.48. The molecule has 0 aliphatic heterocycles. The van der Waals surface area contributed by atoms with E-state index in [9.17, 15) is 0 Å². The second-order valence-electron chi connectivity index (χ2n) is 5.02. The maximum atomic E-state index is 6.04. The van der Waals surface area contributed by atoms with Crippen molar-refractivity contribution in [1.29, 1.82) is 0 Å². The van der Waals surface area contributed by atoms with E-state index in [1.54, 1.807) is 12.1 Å². The summed E-state index contributed by atoms with van der Waals surface area (Å²) in [5.74, 6) is 0. The Kier molecular flexibility index (Phi) is 3.24. The van der Waals surface area contributed by atoms with Crippen LogP contribution in [0.2, 0.25) is 0 Å². The Bertz CT molecular complexity index is 739. The van der Waals surface area contributed by atoms with Gasteiger partial charge in [-0.05, 0) is 28.8 Å². The maximum absolute atomic E-state index is 6.04. The molecule has 0 aliphatic carbocycles. The molecule has 6 N–H and O–H groups in total. The van der Waals surface area contributed by atoms with Crippen LogP contribution in [0.5, 0.6) is 0 Å². The smallest absolute Gasteiger partial charge is 0.0435 e. The summed E-state index contributed by atoms with van der Waals surface area (Å²) in [6.45, 7) is 0. The monoisotopic (exact) mass is 275 g/mol. The Hall–Kier alpha value is -2.94. The van der Waals surface area contributed by atoms with Crippen molar-refractivity contribution in [3.8, 4) is 22.3 Å². The minimum atomic E-state index is 0.578. The molecule has 0 fully saturated rings. The van der Waals surface area contributed by atoms with Crippen LogP contribution in [0.1, 0.15) is 0 Å². The van der Waals surface area contributed by atoms with Crippen molar-refractivity contribution in [3.63, 3.8) is 0 Å². The van der Waals surface area contributed by atoms with Crippen molar-refractivity contribution >= 4 is 17.1 Å². The zero-order chi connectivity index (χ0) is 14.8. The number of nitrogen functional groups attached to an aromatic ring is 3. The first-order valence-corrected chi connectivity index (χ1v) is 6.75. The molecule has 3 rings (SSSR count). The van der Waals surface area contributed by atoms with Crippen LogP contribution in [-0.4, -0.2) is 0 Å². The van der Waals surface area contributed by atoms with E-state index in [0.29, 0.717) is 17.1 Å². The SMILES string of the molecule is Nc1cc(N)c(-c2ccc(-c3ccccc3)cc2)c(N)c1. The molecule has 3 nitrogen and oxygen atoms in total. The second-order valence-corrected chi connectivity index (χ2v) is 5.02. The van der Waals surface area contributed by atoms with Crippen LogP contribution in [0.3, 0.4) is 0 Å². The van der Waals surface area contributed by atoms with E-state index >= 15 is 0 Å². The third-order valence-electron chi connectivity index (χ3n) is 3.50. The summed E-state index contributed by atoms with van der Waals surface area (Å²) in [5.41, 5.74) is 23.8. The van der Waals surface area contributed by atoms with Gasteiger partial charge in [0.25, 0.3) is 0 Å². The molecule has 21 heavy (non-hydrogen) atoms. The van der Waals surface area contributed by atoms with Gasteiger partial charge in [0.05, 0.1) is 0 Å². The van der Waals surface area contributed by atoms with Gasteiger partial charge in [0, 0.05) is 22.6 Å². The molecule has 0 bridgehead atoms. The molecule has 0 radical (unpaired) electrons. The van der Waals surface area contributed by atoms with E-state index in [4.69, 9.17) is 17.2 Å². The minimum absolute atomic E-state index is 0.578. The molecule has 0 unspecified atom stereocenters. The predicted octanol–water partition coefficient (Wildman–Crippen LogP) is 3.77. The van der Waals surface area contributed by atoms with Crippen LogP contribution < -0.4 is 17.2 Å². The summed E-state index contributed by atoms with van der Waals surface area (Å²) < 4.78 is 0. The first kappa shape index (κ1) is 13.1. The molecular weight excluding hydrogens is 258 g/mol. The topological polar surface area (TPSA) is 78.1 Å². The molecule has 0 atom stereocenters. The number of rotatable bonds is 2. The molecule has 0 saturated carbocycles. The lowest BCUT2D eigenvalue weighted by Crippen LogP contribution is -1.99. The van der Waals surface area contributed by atoms with Gasteiger partial charge in [-0.3, -0.25) is 0 Å². The molecule has 3 heteroatoms. The molecule has 104 valence electrons. The molecule has 0 heterocycles. The first-order chi connectivity index (χ1) is 10.1. The number of benzene rings is 3. The maximum Gasteiger partial charge on any atom is 0.0435 e. The highest BCUT2D eigenvalue weighted by molar-refractivity contribution is 5.89. The van der Waals surface area contributed by atoms with Crippen molar-refractivity contribution in [2.75, 3.05) is 17.2 Å². The molecule has 0 aliphatic rings. The highest BCUT2D eigenvalue weighted by atomic mass is 14.7. The summed E-state index contributed by atoms with van der Waals surface area (Å²) in [5, 5.41) is 0. The Labute approximate surface area is 124 Å². The van der Waals surface area contributed by atoms with E-state index in [-0.39, 0.29) is 0 Å². The molecule has 0 amide bonds. The van der Waals surface area contributed by atoms with Crippen LogP contribution in [0.4, 0.5) is 17.1 Å². The summed E-state index contributed by atoms with van der Waals surface area (Å²) in [6, 6.07) is 21.9. The van der Waals surface area contributed by atoms with E-state index in [1.807, 2.05) is 30.3 Å². The fourth-order valence-corrected chi connectivity index (χ4v) is 2.51. The van der Waals surface area contributed by atoms with Gasteiger partial charge in [0.2, 0.25) is 0 Å². The van der Waals surface area contributed by atoms with Gasteiger partial charge in [0.1, 0.15) is 0 Å². The zero-order valence-corrected chi connectivity index (χ0v) is 11.6. The van der Waals surface area contributed by atoms with Crippen molar-refractivity contribution in [2.24, 2.45) is 0 Å². The normalized spacial score (nSPS) is 10.5. The second kappa shape index (κ2) is 5.21. The minimum Gasteiger partial charge on any atom is -0.399 e. The lowest BCUT2D eigenvalue weighted by atomic mass is 9.98. The Balaban J connectivity index is 2.03. The standard InChI is InChI=1S/C18H17N3/c19-15-10-16(20)18(17(21)11-15)14-8-6-13(7-9-14)12-4-2-1-3-5-12/h1-11H,19-21H2. The van der Waals surface area contributed by atoms with Gasteiger partial charge < -0.3 is 17.2 Å². The molecule has 0 saturated heterocycles. The van der Waals surface area contributed by atoms with Gasteiger partial charge in [-0.1, -0.05) is 54.6 Å². The summed E-state index contributed by atoms with van der Waals surface area (Å²) in [6.07, 6.45) is 0. The van der Waals surface area contributed by atoms with E-state index in [1.165, 1.54) is 5.56 Å². The molecule has 0 spiro atoms. The number of anilines is 3. The predicted molar refractivity (Wildman–Crippen MR) is 90.6 cm³/mol. The largest absolute Gasteiger partial charge is 0.399 e. The Morgan fingerprint density at radius 3 is 1.57 bits per heavy atom. The van der Waals surface area contributed by atoms with Crippen molar-refractivity contribution < 1.29 is 0 Å². The molecular formula is C18H17N3. The van der Waals surface area contributed by atoms with Crippen LogP contribution >= 0.6 is 0 Å². The van der Waals surface area contributed by atoms with E-state index in [0.717, 1.165) is 16.7 Å². The average molecular weight is 275 g/mol. The van der Waals surface area contributed by atoms with Crippen LogP contribution in [0.25, 0.3) is 22.3 Å². The number of hydrogen-bond donors (Lipinski definition) is 3. The van der Waals surface area contributed by atoms with Gasteiger partial charge in [0.15, 0.2) is 0 Å². The van der Waals surface area contributed by atoms with Gasteiger partial charge in [-0.15, -0.1) is 0 Å². The third-order valence-corrected chi connectivity index (χ3v) is 3.50. The number of hydrogen-bond acceptors (Lipinski definition) is 3. The third kappa shape index (κ3) is 2.54. The van der Waals surface area contributed by atoms with E-state index in [2.05, 4.69) is 24.3 Å². The summed E-state index contributed by atoms with van der Waals surface area (Å²) in [4.78, 5) is 0. The first-order valence-electron chi connectivity index (χ1n) is 6.75. The summed E-state index contributed by atoms with van der Waals surface area (Å²) in [7, 11) is 0. The highest BCUT2D eigenvalue weighted by Crippen LogP contribution is 2.34. The highest BCUT2D eigenvalue weighted by Gasteiger charge is 2.08. The Morgan fingerprint density at radius 1 is 0.524 bits per heavy atom. The fraction of sp³-hybridized carbons (Fsp3) is 0. The van der Waals surface area contributed by atoms with Crippen LogP contribution in [-0.2, 0) is 0 Å². The number of nitrogens with two attached hydrogens (primary N) is 3. The summed E-state index contributed by atoms with van der Waals surface area (Å²) >= 11 is 0. The van der Waals surface area contributed by atoms with Crippen LogP contribution in [0.15, 0.2) is 66.7 Å². The van der Waals surface area contributed by atoms with E-state index < -0.39 is 0 Å². The van der Waals surface area contributed by atoms with Gasteiger partial charge in [-0.2, -0.15) is 0 Å². The van der Waals surface area contributed by atoms with Gasteiger partial charge in [-0.25, -0.2) is 0 Å². The lowest BCUT2D eigenvalue weighted by molar-refractivity contribution is 1.58. The van der Waals surface area contributed by atoms with Crippen molar-refractivity contribution in [3.05, 3.63) is 66.7 Å². The molecule has 3 aromatic rings. The quantitative estimate of drug-likeness (QED) is 0.623. The van der Waals surface area contributed by atoms with Gasteiger partial charge >= 0.3 is 0 Å². The van der Waals surface area contributed by atoms with Crippen molar-refractivity contribution in [1.82, 2.24) is 0 Å². The Morgan fingerprint density at radius 2 is 1.00 bits per heavy atom. The van der Waals surface area contributed by atoms with Crippen molar-refractivity contribution in [2.45, 2.75) is 0 Å². The molecule has 3 aromatic carbocycles.